The molecule has 0 fully saturated rings. The minimum atomic E-state index is -0.666. The van der Waals surface area contributed by atoms with Crippen molar-refractivity contribution in [3.8, 4) is 34.5 Å². The van der Waals surface area contributed by atoms with Crippen LogP contribution in [-0.4, -0.2) is 17.9 Å². The van der Waals surface area contributed by atoms with Crippen LogP contribution in [0, 0.1) is 14.7 Å². The number of rotatable bonds is 12. The van der Waals surface area contributed by atoms with Crippen molar-refractivity contribution in [2.45, 2.75) is 0 Å². The Morgan fingerprint density at radius 3 is 0.839 bits per heavy atom. The van der Waals surface area contributed by atoms with Gasteiger partial charge in [0.2, 0.25) is 0 Å². The number of nitroso groups, excluding NO2 is 3. The smallest absolute Gasteiger partial charge is 0.871 e. The molecule has 0 saturated carbocycles. The van der Waals surface area contributed by atoms with E-state index in [4.69, 9.17) is 14.2 Å². The second-order valence-corrected chi connectivity index (χ2v) is 11.8. The zero-order valence-electron chi connectivity index (χ0n) is 32.6. The SMILES string of the molecule is C=Cc1ccc(OC(=O)c2ccc([O-])c(N=O)c2)cc1.C=Cc1ccc(OC(=O)c2ccc([O-])c(N=O)c2)cc1.C=Cc1ccc(OC(=O)c2ccc([O-])c(N=O)c2)cc1.[Fe+2].[Na+]. The molecule has 0 aliphatic rings. The number of hydrogen-bond acceptors (Lipinski definition) is 15. The van der Waals surface area contributed by atoms with Crippen LogP contribution in [0.25, 0.3) is 18.2 Å². The molecule has 0 aliphatic carbocycles. The van der Waals surface area contributed by atoms with Gasteiger partial charge in [-0.25, -0.2) is 14.4 Å². The average molecular weight is 884 g/mol. The van der Waals surface area contributed by atoms with E-state index in [9.17, 15) is 44.4 Å². The number of esters is 3. The molecule has 0 radical (unpaired) electrons. The largest absolute Gasteiger partial charge is 2.00 e. The van der Waals surface area contributed by atoms with Crippen LogP contribution in [0.4, 0.5) is 17.1 Å². The molecule has 15 nitrogen and oxygen atoms in total. The molecule has 306 valence electrons. The van der Waals surface area contributed by atoms with Crippen LogP contribution in [0.3, 0.4) is 0 Å². The molecule has 0 aromatic heterocycles. The van der Waals surface area contributed by atoms with Gasteiger partial charge in [-0.15, -0.1) is 14.7 Å². The van der Waals surface area contributed by atoms with Crippen molar-refractivity contribution in [2.75, 3.05) is 0 Å². The van der Waals surface area contributed by atoms with E-state index in [1.165, 1.54) is 18.2 Å². The fourth-order valence-electron chi connectivity index (χ4n) is 4.66. The summed E-state index contributed by atoms with van der Waals surface area (Å²) in [5.74, 6) is -2.54. The van der Waals surface area contributed by atoms with E-state index in [-0.39, 0.29) is 80.4 Å². The Bertz CT molecular complexity index is 2280. The molecule has 6 aromatic carbocycles. The van der Waals surface area contributed by atoms with Crippen LogP contribution in [0.5, 0.6) is 34.5 Å². The third-order valence-corrected chi connectivity index (χ3v) is 7.86. The molecule has 17 heteroatoms. The summed E-state index contributed by atoms with van der Waals surface area (Å²) in [6, 6.07) is 30.7. The monoisotopic (exact) mass is 883 g/mol. The quantitative estimate of drug-likeness (QED) is 0.0590. The van der Waals surface area contributed by atoms with E-state index >= 15 is 0 Å². The first-order valence-electron chi connectivity index (χ1n) is 17.2. The number of carbonyl (C=O) groups is 3. The topological polar surface area (TPSA) is 236 Å². The Hall–Kier alpha value is -7.33. The maximum Gasteiger partial charge on any atom is 2.00 e. The molecule has 62 heavy (non-hydrogen) atoms. The first-order chi connectivity index (χ1) is 28.9. The van der Waals surface area contributed by atoms with E-state index in [0.29, 0.717) is 17.2 Å². The zero-order valence-corrected chi connectivity index (χ0v) is 35.7. The first-order valence-corrected chi connectivity index (χ1v) is 17.2. The van der Waals surface area contributed by atoms with Gasteiger partial charge in [0.15, 0.2) is 0 Å². The third kappa shape index (κ3) is 14.7. The molecule has 0 unspecified atom stereocenters. The summed E-state index contributed by atoms with van der Waals surface area (Å²) in [7, 11) is 0. The average Bonchev–Trinajstić information content (AvgIpc) is 3.28. The van der Waals surface area contributed by atoms with Gasteiger partial charge in [0, 0.05) is 0 Å². The van der Waals surface area contributed by atoms with Gasteiger partial charge in [0.1, 0.15) is 34.3 Å². The van der Waals surface area contributed by atoms with Gasteiger partial charge in [0.05, 0.1) is 16.7 Å². The van der Waals surface area contributed by atoms with Crippen LogP contribution in [0.1, 0.15) is 47.8 Å². The summed E-state index contributed by atoms with van der Waals surface area (Å²) in [5.41, 5.74) is 2.00. The van der Waals surface area contributed by atoms with Gasteiger partial charge in [-0.2, -0.15) is 0 Å². The van der Waals surface area contributed by atoms with Gasteiger partial charge in [-0.3, -0.25) is 0 Å². The molecule has 0 N–H and O–H groups in total. The van der Waals surface area contributed by atoms with Gasteiger partial charge in [0.25, 0.3) is 0 Å². The van der Waals surface area contributed by atoms with E-state index in [2.05, 4.69) is 35.3 Å². The molecule has 0 spiro atoms. The standard InChI is InChI=1S/3C15H11NO4.Fe.Na/c3*1-2-10-3-6-12(7-4-10)20-15(18)11-5-8-14(17)13(9-11)16-19;;/h3*2-9,17H,1H2;;/q;;;+2;+1/p-3. The van der Waals surface area contributed by atoms with Gasteiger partial charge >= 0.3 is 64.5 Å². The second-order valence-electron chi connectivity index (χ2n) is 11.8. The fourth-order valence-corrected chi connectivity index (χ4v) is 4.66. The summed E-state index contributed by atoms with van der Waals surface area (Å²) in [6.07, 6.45) is 5.00. The molecular formula is C45H30FeN3NaO12. The van der Waals surface area contributed by atoms with Crippen LogP contribution in [-0.2, 0) is 17.1 Å². The number of nitrogens with zero attached hydrogens (tertiary/aromatic N) is 3. The molecule has 0 aliphatic heterocycles. The maximum atomic E-state index is 11.9. The van der Waals surface area contributed by atoms with Gasteiger partial charge < -0.3 is 29.5 Å². The summed E-state index contributed by atoms with van der Waals surface area (Å²) in [4.78, 5) is 66.8. The molecule has 0 heterocycles. The molecule has 0 saturated heterocycles. The van der Waals surface area contributed by atoms with Gasteiger partial charge in [-0.05, 0) is 105 Å². The third-order valence-electron chi connectivity index (χ3n) is 7.86. The van der Waals surface area contributed by atoms with E-state index in [1.54, 1.807) is 91.0 Å². The molecule has 0 amide bonds. The van der Waals surface area contributed by atoms with Crippen molar-refractivity contribution >= 4 is 53.2 Å². The van der Waals surface area contributed by atoms with Crippen molar-refractivity contribution < 1.29 is 90.5 Å². The zero-order chi connectivity index (χ0) is 43.6. The van der Waals surface area contributed by atoms with E-state index < -0.39 is 35.2 Å². The predicted molar refractivity (Wildman–Crippen MR) is 219 cm³/mol. The summed E-state index contributed by atoms with van der Waals surface area (Å²) < 4.78 is 15.4. The van der Waals surface area contributed by atoms with Crippen molar-refractivity contribution in [1.82, 2.24) is 0 Å². The number of hydrogen-bond donors (Lipinski definition) is 0. The predicted octanol–water partition coefficient (Wildman–Crippen LogP) is 6.06. The Labute approximate surface area is 386 Å². The maximum absolute atomic E-state index is 11.9. The molecule has 0 atom stereocenters. The second kappa shape index (κ2) is 25.3. The van der Waals surface area contributed by atoms with Crippen LogP contribution >= 0.6 is 0 Å². The molecule has 6 aromatic rings. The number of carbonyl (C=O) groups excluding carboxylic acids is 3. The van der Waals surface area contributed by atoms with Crippen LogP contribution in [0.15, 0.2) is 163 Å². The van der Waals surface area contributed by atoms with Crippen molar-refractivity contribution in [3.63, 3.8) is 0 Å². The van der Waals surface area contributed by atoms with Crippen molar-refractivity contribution in [2.24, 2.45) is 15.5 Å². The Morgan fingerprint density at radius 2 is 0.645 bits per heavy atom. The summed E-state index contributed by atoms with van der Waals surface area (Å²) in [6.45, 7) is 10.9. The Kier molecular flexibility index (Phi) is 20.8. The van der Waals surface area contributed by atoms with Crippen LogP contribution in [0.2, 0.25) is 0 Å². The Balaban J connectivity index is 0.000000315. The fraction of sp³-hybridized carbons (Fsp3) is 0. The van der Waals surface area contributed by atoms with E-state index in [0.717, 1.165) is 53.1 Å². The van der Waals surface area contributed by atoms with Crippen molar-refractivity contribution in [1.29, 1.82) is 0 Å². The molecule has 0 bridgehead atoms. The van der Waals surface area contributed by atoms with Crippen molar-refractivity contribution in [3.05, 3.63) is 195 Å². The van der Waals surface area contributed by atoms with Crippen LogP contribution < -0.4 is 59.1 Å². The number of benzene rings is 6. The summed E-state index contributed by atoms with van der Waals surface area (Å²) in [5, 5.41) is 41.3. The minimum Gasteiger partial charge on any atom is -0.871 e. The normalized spacial score (nSPS) is 9.48. The first kappa shape index (κ1) is 50.8. The summed E-state index contributed by atoms with van der Waals surface area (Å²) >= 11 is 0. The Morgan fingerprint density at radius 1 is 0.419 bits per heavy atom. The van der Waals surface area contributed by atoms with Gasteiger partial charge in [-0.1, -0.05) is 110 Å². The number of ether oxygens (including phenoxy) is 3. The molecule has 6 rings (SSSR count). The molecular weight excluding hydrogens is 853 g/mol. The minimum absolute atomic E-state index is 0. The van der Waals surface area contributed by atoms with E-state index in [1.807, 2.05) is 0 Å².